The Bertz CT molecular complexity index is 899. The van der Waals surface area contributed by atoms with Gasteiger partial charge in [0.25, 0.3) is 0 Å². The number of ether oxygens (including phenoxy) is 1. The first-order valence-corrected chi connectivity index (χ1v) is 10.5. The van der Waals surface area contributed by atoms with Gasteiger partial charge in [-0.1, -0.05) is 31.5 Å². The van der Waals surface area contributed by atoms with E-state index in [1.165, 1.54) is 18.2 Å². The van der Waals surface area contributed by atoms with Crippen molar-refractivity contribution < 1.29 is 31.5 Å². The van der Waals surface area contributed by atoms with Crippen molar-refractivity contribution >= 4 is 5.97 Å². The lowest BCUT2D eigenvalue weighted by atomic mass is 9.76. The molecule has 1 aliphatic carbocycles. The smallest absolute Gasteiger partial charge is 0.338 e. The third-order valence-corrected chi connectivity index (χ3v) is 5.95. The molecule has 0 N–H and O–H groups in total. The highest BCUT2D eigenvalue weighted by Gasteiger charge is 2.37. The number of alkyl halides is 2. The normalized spacial score (nSPS) is 22.2. The van der Waals surface area contributed by atoms with Crippen LogP contribution in [0.2, 0.25) is 0 Å². The van der Waals surface area contributed by atoms with Crippen molar-refractivity contribution in [2.75, 3.05) is 6.61 Å². The minimum atomic E-state index is -1.60. The molecule has 168 valence electrons. The summed E-state index contributed by atoms with van der Waals surface area (Å²) in [6.45, 7) is 1.43. The highest BCUT2D eigenvalue weighted by Crippen LogP contribution is 2.40. The number of carbonyl (C=O) groups is 1. The van der Waals surface area contributed by atoms with Gasteiger partial charge in [0.05, 0.1) is 5.56 Å². The standard InChI is InChI=1S/C24H25F5O2/c1-2-9-24(29)10-7-15(8-11-24)21(27)14-31-23(30)18-6-4-3-5-17(18)16-12-19(25)22(28)20(26)13-16/h3-6,12-13,15,21H,2,7-11,14H2,1H3. The highest BCUT2D eigenvalue weighted by atomic mass is 19.2. The predicted octanol–water partition coefficient (Wildman–Crippen LogP) is 6.96. The molecule has 7 heteroatoms. The van der Waals surface area contributed by atoms with Gasteiger partial charge in [-0.05, 0) is 67.3 Å². The molecule has 3 rings (SSSR count). The highest BCUT2D eigenvalue weighted by molar-refractivity contribution is 5.97. The number of carbonyl (C=O) groups excluding carboxylic acids is 1. The van der Waals surface area contributed by atoms with E-state index >= 15 is 0 Å². The maximum Gasteiger partial charge on any atom is 0.338 e. The summed E-state index contributed by atoms with van der Waals surface area (Å²) < 4.78 is 74.8. The second-order valence-corrected chi connectivity index (χ2v) is 8.15. The van der Waals surface area contributed by atoms with Crippen molar-refractivity contribution in [2.45, 2.75) is 57.3 Å². The Balaban J connectivity index is 1.66. The molecular formula is C24H25F5O2. The van der Waals surface area contributed by atoms with Crippen LogP contribution in [0.4, 0.5) is 22.0 Å². The molecule has 0 amide bonds. The first-order chi connectivity index (χ1) is 14.7. The van der Waals surface area contributed by atoms with Crippen LogP contribution in [0.15, 0.2) is 36.4 Å². The molecular weight excluding hydrogens is 415 g/mol. The monoisotopic (exact) mass is 440 g/mol. The molecule has 1 atom stereocenters. The van der Waals surface area contributed by atoms with Crippen molar-refractivity contribution in [1.29, 1.82) is 0 Å². The number of esters is 1. The van der Waals surface area contributed by atoms with E-state index in [0.717, 1.165) is 18.6 Å². The molecule has 1 fully saturated rings. The summed E-state index contributed by atoms with van der Waals surface area (Å²) in [7, 11) is 0. The maximum atomic E-state index is 14.6. The Hall–Kier alpha value is -2.44. The van der Waals surface area contributed by atoms with Crippen LogP contribution in [-0.4, -0.2) is 24.4 Å². The third kappa shape index (κ3) is 5.43. The Labute approximate surface area is 178 Å². The van der Waals surface area contributed by atoms with Crippen LogP contribution in [-0.2, 0) is 4.74 Å². The molecule has 0 radical (unpaired) electrons. The summed E-state index contributed by atoms with van der Waals surface area (Å²) in [6.07, 6.45) is 1.14. The van der Waals surface area contributed by atoms with Crippen molar-refractivity contribution in [3.8, 4) is 11.1 Å². The molecule has 0 spiro atoms. The molecule has 31 heavy (non-hydrogen) atoms. The van der Waals surface area contributed by atoms with Gasteiger partial charge in [-0.3, -0.25) is 0 Å². The molecule has 1 unspecified atom stereocenters. The predicted molar refractivity (Wildman–Crippen MR) is 108 cm³/mol. The van der Waals surface area contributed by atoms with Crippen LogP contribution in [0.25, 0.3) is 11.1 Å². The zero-order valence-corrected chi connectivity index (χ0v) is 17.3. The van der Waals surface area contributed by atoms with E-state index in [4.69, 9.17) is 4.74 Å². The second-order valence-electron chi connectivity index (χ2n) is 8.15. The maximum absolute atomic E-state index is 14.6. The number of hydrogen-bond donors (Lipinski definition) is 0. The van der Waals surface area contributed by atoms with E-state index in [2.05, 4.69) is 0 Å². The summed E-state index contributed by atoms with van der Waals surface area (Å²) in [4.78, 5) is 12.5. The lowest BCUT2D eigenvalue weighted by Gasteiger charge is -2.35. The van der Waals surface area contributed by atoms with Crippen molar-refractivity contribution in [3.63, 3.8) is 0 Å². The summed E-state index contributed by atoms with van der Waals surface area (Å²) in [5.74, 6) is -5.61. The number of benzene rings is 2. The Morgan fingerprint density at radius 1 is 1.13 bits per heavy atom. The molecule has 2 nitrogen and oxygen atoms in total. The Morgan fingerprint density at radius 3 is 2.35 bits per heavy atom. The molecule has 0 bridgehead atoms. The molecule has 2 aromatic rings. The van der Waals surface area contributed by atoms with Crippen LogP contribution in [0, 0.1) is 23.4 Å². The minimum Gasteiger partial charge on any atom is -0.459 e. The quantitative estimate of drug-likeness (QED) is 0.264. The summed E-state index contributed by atoms with van der Waals surface area (Å²) in [5.41, 5.74) is -1.15. The van der Waals surface area contributed by atoms with Crippen molar-refractivity contribution in [1.82, 2.24) is 0 Å². The topological polar surface area (TPSA) is 26.3 Å². The molecule has 1 saturated carbocycles. The van der Waals surface area contributed by atoms with Crippen LogP contribution < -0.4 is 0 Å². The molecule has 0 aromatic heterocycles. The average molecular weight is 440 g/mol. The average Bonchev–Trinajstić information content (AvgIpc) is 2.75. The number of halogens is 5. The van der Waals surface area contributed by atoms with E-state index in [9.17, 15) is 26.7 Å². The SMILES string of the molecule is CCCC1(F)CCC(C(F)COC(=O)c2ccccc2-c2cc(F)c(F)c(F)c2)CC1. The van der Waals surface area contributed by atoms with Gasteiger partial charge in [0.2, 0.25) is 0 Å². The zero-order chi connectivity index (χ0) is 22.6. The van der Waals surface area contributed by atoms with Gasteiger partial charge in [-0.2, -0.15) is 0 Å². The Kier molecular flexibility index (Phi) is 7.34. The van der Waals surface area contributed by atoms with Gasteiger partial charge >= 0.3 is 5.97 Å². The van der Waals surface area contributed by atoms with Crippen LogP contribution in [0.3, 0.4) is 0 Å². The summed E-state index contributed by atoms with van der Waals surface area (Å²) in [5, 5.41) is 0. The van der Waals surface area contributed by atoms with Gasteiger partial charge in [0.15, 0.2) is 17.5 Å². The van der Waals surface area contributed by atoms with Gasteiger partial charge in [0.1, 0.15) is 18.4 Å². The van der Waals surface area contributed by atoms with Crippen LogP contribution in [0.1, 0.15) is 55.8 Å². The van der Waals surface area contributed by atoms with Crippen LogP contribution in [0.5, 0.6) is 0 Å². The van der Waals surface area contributed by atoms with Gasteiger partial charge in [0, 0.05) is 0 Å². The van der Waals surface area contributed by atoms with Crippen LogP contribution >= 0.6 is 0 Å². The Morgan fingerprint density at radius 2 is 1.74 bits per heavy atom. The van der Waals surface area contributed by atoms with E-state index in [-0.39, 0.29) is 22.6 Å². The summed E-state index contributed by atoms with van der Waals surface area (Å²) in [6, 6.07) is 7.45. The molecule has 0 saturated heterocycles. The first kappa shape index (κ1) is 23.2. The largest absolute Gasteiger partial charge is 0.459 e. The minimum absolute atomic E-state index is 0.0190. The fraction of sp³-hybridized carbons (Fsp3) is 0.458. The lowest BCUT2D eigenvalue weighted by Crippen LogP contribution is -2.34. The number of hydrogen-bond acceptors (Lipinski definition) is 2. The van der Waals surface area contributed by atoms with Gasteiger partial charge in [-0.25, -0.2) is 26.7 Å². The van der Waals surface area contributed by atoms with E-state index in [1.807, 2.05) is 6.92 Å². The molecule has 0 heterocycles. The molecule has 0 aliphatic heterocycles. The lowest BCUT2D eigenvalue weighted by molar-refractivity contribution is 0.0121. The third-order valence-electron chi connectivity index (χ3n) is 5.95. The zero-order valence-electron chi connectivity index (χ0n) is 17.3. The van der Waals surface area contributed by atoms with E-state index in [0.29, 0.717) is 32.1 Å². The van der Waals surface area contributed by atoms with E-state index in [1.54, 1.807) is 6.07 Å². The molecule has 1 aliphatic rings. The second kappa shape index (κ2) is 9.79. The fourth-order valence-electron chi connectivity index (χ4n) is 4.21. The van der Waals surface area contributed by atoms with E-state index < -0.39 is 41.9 Å². The summed E-state index contributed by atoms with van der Waals surface area (Å²) >= 11 is 0. The first-order valence-electron chi connectivity index (χ1n) is 10.5. The van der Waals surface area contributed by atoms with Crippen molar-refractivity contribution in [2.24, 2.45) is 5.92 Å². The fourth-order valence-corrected chi connectivity index (χ4v) is 4.21. The van der Waals surface area contributed by atoms with Gasteiger partial charge < -0.3 is 4.74 Å². The number of rotatable bonds is 7. The molecule has 2 aromatic carbocycles. The van der Waals surface area contributed by atoms with Gasteiger partial charge in [-0.15, -0.1) is 0 Å². The van der Waals surface area contributed by atoms with Crippen molar-refractivity contribution in [3.05, 3.63) is 59.4 Å².